The van der Waals surface area contributed by atoms with Gasteiger partial charge in [-0.05, 0) is 54.3 Å². The van der Waals surface area contributed by atoms with Crippen molar-refractivity contribution in [3.8, 4) is 0 Å². The summed E-state index contributed by atoms with van der Waals surface area (Å²) in [4.78, 5) is 23.7. The molecule has 2 aromatic rings. The third-order valence-corrected chi connectivity index (χ3v) is 5.96. The second kappa shape index (κ2) is 9.02. The maximum absolute atomic E-state index is 12.1. The first-order valence-electron chi connectivity index (χ1n) is 9.27. The lowest BCUT2D eigenvalue weighted by Crippen LogP contribution is -2.25. The number of sulfonamides is 1. The van der Waals surface area contributed by atoms with Gasteiger partial charge in [-0.1, -0.05) is 24.3 Å². The summed E-state index contributed by atoms with van der Waals surface area (Å²) in [6.45, 7) is 0.287. The Hall–Kier alpha value is -2.97. The molecular weight excluding hydrogens is 390 g/mol. The lowest BCUT2D eigenvalue weighted by Gasteiger charge is -2.07. The molecule has 152 valence electrons. The molecule has 0 saturated heterocycles. The van der Waals surface area contributed by atoms with Gasteiger partial charge in [0.2, 0.25) is 15.9 Å². The fourth-order valence-electron chi connectivity index (χ4n) is 2.59. The van der Waals surface area contributed by atoms with E-state index in [1.807, 2.05) is 0 Å². The van der Waals surface area contributed by atoms with Crippen molar-refractivity contribution in [3.05, 3.63) is 71.3 Å². The number of carbonyl (C=O) groups is 2. The molecule has 1 saturated carbocycles. The molecule has 0 bridgehead atoms. The zero-order valence-electron chi connectivity index (χ0n) is 16.0. The first-order chi connectivity index (χ1) is 13.9. The minimum atomic E-state index is -3.47. The summed E-state index contributed by atoms with van der Waals surface area (Å²) in [5.74, 6) is -0.437. The SMILES string of the molecule is CNC(=O)c1ccc(C=CC(=O)NCc2ccc(S(=O)(=O)NC3CC3)cc2)cc1. The molecule has 0 unspecified atom stereocenters. The standard InChI is InChI=1S/C21H23N3O4S/c1-22-21(26)17-7-2-15(3-8-17)6-13-20(25)23-14-16-4-11-19(12-5-16)29(27,28)24-18-9-10-18/h2-8,11-13,18,24H,9-10,14H2,1H3,(H,22,26)(H,23,25). The van der Waals surface area contributed by atoms with Crippen LogP contribution in [0.2, 0.25) is 0 Å². The summed E-state index contributed by atoms with van der Waals surface area (Å²) in [5, 5.41) is 5.30. The van der Waals surface area contributed by atoms with Gasteiger partial charge in [-0.15, -0.1) is 0 Å². The van der Waals surface area contributed by atoms with Crippen LogP contribution in [-0.2, 0) is 21.4 Å². The largest absolute Gasteiger partial charge is 0.355 e. The molecule has 8 heteroatoms. The zero-order chi connectivity index (χ0) is 20.9. The quantitative estimate of drug-likeness (QED) is 0.574. The van der Waals surface area contributed by atoms with Crippen molar-refractivity contribution < 1.29 is 18.0 Å². The molecule has 1 aliphatic carbocycles. The third kappa shape index (κ3) is 6.00. The van der Waals surface area contributed by atoms with Gasteiger partial charge in [0, 0.05) is 31.3 Å². The van der Waals surface area contributed by atoms with Crippen LogP contribution in [-0.4, -0.2) is 33.3 Å². The minimum Gasteiger partial charge on any atom is -0.355 e. The van der Waals surface area contributed by atoms with E-state index in [9.17, 15) is 18.0 Å². The molecule has 0 spiro atoms. The predicted octanol–water partition coefficient (Wildman–Crippen LogP) is 1.82. The Bertz CT molecular complexity index is 1010. The Morgan fingerprint density at radius 3 is 2.28 bits per heavy atom. The fourth-order valence-corrected chi connectivity index (χ4v) is 3.89. The number of rotatable bonds is 8. The van der Waals surface area contributed by atoms with Crippen molar-refractivity contribution >= 4 is 27.9 Å². The van der Waals surface area contributed by atoms with Crippen molar-refractivity contribution in [2.24, 2.45) is 0 Å². The Morgan fingerprint density at radius 1 is 1.03 bits per heavy atom. The number of carbonyl (C=O) groups excluding carboxylic acids is 2. The minimum absolute atomic E-state index is 0.0609. The maximum atomic E-state index is 12.1. The maximum Gasteiger partial charge on any atom is 0.251 e. The summed E-state index contributed by atoms with van der Waals surface area (Å²) in [6, 6.07) is 13.4. The molecule has 29 heavy (non-hydrogen) atoms. The number of hydrogen-bond donors (Lipinski definition) is 3. The van der Waals surface area contributed by atoms with E-state index >= 15 is 0 Å². The third-order valence-electron chi connectivity index (χ3n) is 4.43. The molecule has 0 atom stereocenters. The van der Waals surface area contributed by atoms with E-state index in [2.05, 4.69) is 15.4 Å². The van der Waals surface area contributed by atoms with Gasteiger partial charge >= 0.3 is 0 Å². The predicted molar refractivity (Wildman–Crippen MR) is 110 cm³/mol. The monoisotopic (exact) mass is 413 g/mol. The van der Waals surface area contributed by atoms with E-state index in [1.165, 1.54) is 18.2 Å². The van der Waals surface area contributed by atoms with Crippen LogP contribution in [0.25, 0.3) is 6.08 Å². The first-order valence-corrected chi connectivity index (χ1v) is 10.7. The topological polar surface area (TPSA) is 104 Å². The Balaban J connectivity index is 1.51. The Morgan fingerprint density at radius 2 is 1.69 bits per heavy atom. The molecule has 0 aliphatic heterocycles. The van der Waals surface area contributed by atoms with Crippen molar-refractivity contribution in [1.29, 1.82) is 0 Å². The van der Waals surface area contributed by atoms with E-state index in [1.54, 1.807) is 49.5 Å². The van der Waals surface area contributed by atoms with Crippen LogP contribution in [0.5, 0.6) is 0 Å². The highest BCUT2D eigenvalue weighted by molar-refractivity contribution is 7.89. The first kappa shape index (κ1) is 20.8. The summed E-state index contributed by atoms with van der Waals surface area (Å²) in [6.07, 6.45) is 4.83. The average Bonchev–Trinajstić information content (AvgIpc) is 3.54. The van der Waals surface area contributed by atoms with Crippen LogP contribution in [0.1, 0.15) is 34.3 Å². The number of hydrogen-bond acceptors (Lipinski definition) is 4. The number of nitrogens with one attached hydrogen (secondary N) is 3. The van der Waals surface area contributed by atoms with Crippen LogP contribution in [0, 0.1) is 0 Å². The van der Waals surface area contributed by atoms with Crippen LogP contribution >= 0.6 is 0 Å². The molecule has 7 nitrogen and oxygen atoms in total. The molecular formula is C21H23N3O4S. The van der Waals surface area contributed by atoms with Crippen molar-refractivity contribution in [3.63, 3.8) is 0 Å². The average molecular weight is 413 g/mol. The molecule has 3 rings (SSSR count). The van der Waals surface area contributed by atoms with Gasteiger partial charge in [-0.3, -0.25) is 9.59 Å². The fraction of sp³-hybridized carbons (Fsp3) is 0.238. The summed E-state index contributed by atoms with van der Waals surface area (Å²) >= 11 is 0. The zero-order valence-corrected chi connectivity index (χ0v) is 16.8. The lowest BCUT2D eigenvalue weighted by atomic mass is 10.1. The van der Waals surface area contributed by atoms with Crippen LogP contribution < -0.4 is 15.4 Å². The van der Waals surface area contributed by atoms with Gasteiger partial charge in [0.1, 0.15) is 0 Å². The smallest absolute Gasteiger partial charge is 0.251 e. The number of amides is 2. The van der Waals surface area contributed by atoms with Crippen molar-refractivity contribution in [1.82, 2.24) is 15.4 Å². The van der Waals surface area contributed by atoms with Crippen LogP contribution in [0.15, 0.2) is 59.5 Å². The summed E-state index contributed by atoms with van der Waals surface area (Å²) in [5.41, 5.74) is 2.14. The molecule has 1 aliphatic rings. The van der Waals surface area contributed by atoms with Crippen LogP contribution in [0.3, 0.4) is 0 Å². The highest BCUT2D eigenvalue weighted by Gasteiger charge is 2.27. The highest BCUT2D eigenvalue weighted by atomic mass is 32.2. The second-order valence-electron chi connectivity index (χ2n) is 6.79. The molecule has 2 amide bonds. The lowest BCUT2D eigenvalue weighted by molar-refractivity contribution is -0.116. The molecule has 0 heterocycles. The molecule has 2 aromatic carbocycles. The van der Waals surface area contributed by atoms with E-state index in [4.69, 9.17) is 0 Å². The van der Waals surface area contributed by atoms with Crippen LogP contribution in [0.4, 0.5) is 0 Å². The molecule has 0 radical (unpaired) electrons. The normalized spacial score (nSPS) is 14.0. The van der Waals surface area contributed by atoms with Crippen molar-refractivity contribution in [2.75, 3.05) is 7.05 Å². The van der Waals surface area contributed by atoms with Gasteiger partial charge < -0.3 is 10.6 Å². The number of benzene rings is 2. The van der Waals surface area contributed by atoms with Gasteiger partial charge in [-0.25, -0.2) is 13.1 Å². The molecule has 3 N–H and O–H groups in total. The van der Waals surface area contributed by atoms with E-state index in [-0.39, 0.29) is 29.3 Å². The van der Waals surface area contributed by atoms with Gasteiger partial charge in [0.25, 0.3) is 5.91 Å². The van der Waals surface area contributed by atoms with Crippen molar-refractivity contribution in [2.45, 2.75) is 30.3 Å². The van der Waals surface area contributed by atoms with E-state index in [0.29, 0.717) is 5.56 Å². The van der Waals surface area contributed by atoms with Gasteiger partial charge in [-0.2, -0.15) is 0 Å². The molecule has 1 fully saturated rings. The summed E-state index contributed by atoms with van der Waals surface area (Å²) in [7, 11) is -1.90. The Kier molecular flexibility index (Phi) is 6.46. The van der Waals surface area contributed by atoms with E-state index in [0.717, 1.165) is 24.0 Å². The second-order valence-corrected chi connectivity index (χ2v) is 8.51. The highest BCUT2D eigenvalue weighted by Crippen LogP contribution is 2.22. The van der Waals surface area contributed by atoms with Gasteiger partial charge in [0.05, 0.1) is 4.90 Å². The summed E-state index contributed by atoms with van der Waals surface area (Å²) < 4.78 is 26.9. The molecule has 0 aromatic heterocycles. The van der Waals surface area contributed by atoms with E-state index < -0.39 is 10.0 Å². The van der Waals surface area contributed by atoms with Gasteiger partial charge in [0.15, 0.2) is 0 Å². The Labute approximate surface area is 170 Å².